The van der Waals surface area contributed by atoms with Gasteiger partial charge >= 0.3 is 0 Å². The molecule has 11 heteroatoms. The highest BCUT2D eigenvalue weighted by atomic mass is 32.2. The first-order chi connectivity index (χ1) is 18.1. The standard InChI is InChI=1S/C27H41N5O5S/c1-19-13-32(20(2)17-33)27(34)22-11-8-12-23(29-38(35,36)25-16-31(4)18-28-25)26(22)37-24(19)15-30(3)14-21-9-6-5-7-10-21/h8,11-12,16,18-21,24,29,33H,5-7,9-10,13-15,17H2,1-4H3/t19-,20+,24-/m1/s1. The lowest BCUT2D eigenvalue weighted by atomic mass is 9.89. The van der Waals surface area contributed by atoms with Gasteiger partial charge in [-0.25, -0.2) is 4.98 Å². The molecule has 210 valence electrons. The van der Waals surface area contributed by atoms with Gasteiger partial charge in [0, 0.05) is 38.8 Å². The van der Waals surface area contributed by atoms with Crippen molar-refractivity contribution in [2.24, 2.45) is 18.9 Å². The normalized spacial score (nSPS) is 21.9. The second kappa shape index (κ2) is 12.0. The molecule has 0 bridgehead atoms. The molecule has 1 aromatic carbocycles. The molecule has 1 aliphatic heterocycles. The summed E-state index contributed by atoms with van der Waals surface area (Å²) >= 11 is 0. The molecule has 1 amide bonds. The number of carbonyl (C=O) groups excluding carboxylic acids is 1. The topological polar surface area (TPSA) is 117 Å². The zero-order chi connectivity index (χ0) is 27.4. The smallest absolute Gasteiger partial charge is 0.281 e. The number of hydrogen-bond donors (Lipinski definition) is 2. The molecule has 1 aromatic heterocycles. The van der Waals surface area contributed by atoms with Crippen molar-refractivity contribution < 1.29 is 23.1 Å². The minimum Gasteiger partial charge on any atom is -0.486 e. The van der Waals surface area contributed by atoms with Crippen LogP contribution in [0.25, 0.3) is 0 Å². The van der Waals surface area contributed by atoms with Crippen LogP contribution in [0.5, 0.6) is 5.75 Å². The summed E-state index contributed by atoms with van der Waals surface area (Å²) in [4.78, 5) is 21.6. The molecular formula is C27H41N5O5S. The lowest BCUT2D eigenvalue weighted by Crippen LogP contribution is -2.50. The number of ether oxygens (including phenoxy) is 1. The quantitative estimate of drug-likeness (QED) is 0.496. The van der Waals surface area contributed by atoms with E-state index >= 15 is 0 Å². The number of amides is 1. The molecule has 2 heterocycles. The van der Waals surface area contributed by atoms with Gasteiger partial charge in [-0.15, -0.1) is 0 Å². The summed E-state index contributed by atoms with van der Waals surface area (Å²) in [5.41, 5.74) is 0.450. The van der Waals surface area contributed by atoms with Crippen LogP contribution in [0.4, 0.5) is 5.69 Å². The fraction of sp³-hybridized carbons (Fsp3) is 0.630. The first-order valence-corrected chi connectivity index (χ1v) is 15.0. The highest BCUT2D eigenvalue weighted by molar-refractivity contribution is 7.92. The Hall–Kier alpha value is -2.63. The van der Waals surface area contributed by atoms with Gasteiger partial charge in [0.15, 0.2) is 10.8 Å². The maximum absolute atomic E-state index is 13.6. The van der Waals surface area contributed by atoms with Gasteiger partial charge in [0.05, 0.1) is 30.2 Å². The maximum Gasteiger partial charge on any atom is 0.281 e. The van der Waals surface area contributed by atoms with E-state index in [-0.39, 0.29) is 46.6 Å². The lowest BCUT2D eigenvalue weighted by Gasteiger charge is -2.39. The van der Waals surface area contributed by atoms with Crippen molar-refractivity contribution in [3.8, 4) is 5.75 Å². The summed E-state index contributed by atoms with van der Waals surface area (Å²) in [6.45, 7) is 5.70. The number of rotatable bonds is 9. The molecule has 4 rings (SSSR count). The number of para-hydroxylation sites is 1. The number of nitrogens with one attached hydrogen (secondary N) is 1. The van der Waals surface area contributed by atoms with Crippen molar-refractivity contribution in [1.29, 1.82) is 0 Å². The van der Waals surface area contributed by atoms with Crippen molar-refractivity contribution in [3.63, 3.8) is 0 Å². The van der Waals surface area contributed by atoms with E-state index in [2.05, 4.69) is 21.7 Å². The van der Waals surface area contributed by atoms with E-state index in [4.69, 9.17) is 4.74 Å². The van der Waals surface area contributed by atoms with E-state index in [0.29, 0.717) is 19.0 Å². The molecule has 2 aliphatic rings. The van der Waals surface area contributed by atoms with Crippen LogP contribution in [0.3, 0.4) is 0 Å². The second-order valence-electron chi connectivity index (χ2n) is 11.0. The zero-order valence-electron chi connectivity index (χ0n) is 22.8. The molecule has 2 aromatic rings. The number of benzene rings is 1. The molecular weight excluding hydrogens is 506 g/mol. The molecule has 1 aliphatic carbocycles. The number of aryl methyl sites for hydroxylation is 1. The third-order valence-electron chi connectivity index (χ3n) is 7.68. The number of aliphatic hydroxyl groups excluding tert-OH is 1. The van der Waals surface area contributed by atoms with E-state index in [1.807, 2.05) is 13.8 Å². The minimum absolute atomic E-state index is 0.0599. The predicted molar refractivity (Wildman–Crippen MR) is 146 cm³/mol. The van der Waals surface area contributed by atoms with Gasteiger partial charge in [-0.3, -0.25) is 9.52 Å². The van der Waals surface area contributed by atoms with Crippen molar-refractivity contribution in [2.75, 3.05) is 38.0 Å². The number of anilines is 1. The predicted octanol–water partition coefficient (Wildman–Crippen LogP) is 2.95. The van der Waals surface area contributed by atoms with E-state index in [1.165, 1.54) is 44.6 Å². The molecule has 38 heavy (non-hydrogen) atoms. The fourth-order valence-corrected chi connectivity index (χ4v) is 6.50. The summed E-state index contributed by atoms with van der Waals surface area (Å²) in [6, 6.07) is 4.48. The molecule has 1 saturated carbocycles. The number of likely N-dealkylation sites (N-methyl/N-ethyl adjacent to an activating group) is 1. The molecule has 0 unspecified atom stereocenters. The van der Waals surface area contributed by atoms with E-state index < -0.39 is 16.1 Å². The fourth-order valence-electron chi connectivity index (χ4n) is 5.46. The van der Waals surface area contributed by atoms with Crippen LogP contribution in [-0.4, -0.2) is 84.2 Å². The first kappa shape index (κ1) is 28.4. The van der Waals surface area contributed by atoms with Gasteiger partial charge in [0.1, 0.15) is 6.10 Å². The van der Waals surface area contributed by atoms with Gasteiger partial charge in [-0.2, -0.15) is 8.42 Å². The van der Waals surface area contributed by atoms with Gasteiger partial charge in [-0.1, -0.05) is 32.3 Å². The molecule has 3 atom stereocenters. The molecule has 0 radical (unpaired) electrons. The van der Waals surface area contributed by atoms with Crippen molar-refractivity contribution >= 4 is 21.6 Å². The van der Waals surface area contributed by atoms with Crippen LogP contribution >= 0.6 is 0 Å². The third kappa shape index (κ3) is 6.50. The van der Waals surface area contributed by atoms with Gasteiger partial charge < -0.3 is 24.2 Å². The summed E-state index contributed by atoms with van der Waals surface area (Å²) in [5.74, 6) is 0.504. The Labute approximate surface area is 226 Å². The summed E-state index contributed by atoms with van der Waals surface area (Å²) in [6.07, 6.45) is 8.87. The number of nitrogens with zero attached hydrogens (tertiary/aromatic N) is 4. The van der Waals surface area contributed by atoms with Crippen LogP contribution in [-0.2, 0) is 17.1 Å². The number of aliphatic hydroxyl groups is 1. The number of hydrogen-bond acceptors (Lipinski definition) is 7. The molecule has 2 N–H and O–H groups in total. The number of aromatic nitrogens is 2. The highest BCUT2D eigenvalue weighted by Gasteiger charge is 2.35. The summed E-state index contributed by atoms with van der Waals surface area (Å²) in [5, 5.41) is 9.77. The number of fused-ring (bicyclic) bond motifs is 1. The molecule has 1 fully saturated rings. The first-order valence-electron chi connectivity index (χ1n) is 13.5. The Morgan fingerprint density at radius 1 is 1.24 bits per heavy atom. The van der Waals surface area contributed by atoms with E-state index in [0.717, 1.165) is 6.54 Å². The zero-order valence-corrected chi connectivity index (χ0v) is 23.7. The average Bonchev–Trinajstić information content (AvgIpc) is 3.34. The average molecular weight is 548 g/mol. The van der Waals surface area contributed by atoms with Gasteiger partial charge in [-0.05, 0) is 44.9 Å². The van der Waals surface area contributed by atoms with Gasteiger partial charge in [0.25, 0.3) is 15.9 Å². The second-order valence-corrected chi connectivity index (χ2v) is 12.6. The number of carbonyl (C=O) groups is 1. The highest BCUT2D eigenvalue weighted by Crippen LogP contribution is 2.36. The number of sulfonamides is 1. The number of imidazole rings is 1. The lowest BCUT2D eigenvalue weighted by molar-refractivity contribution is 0.0333. The van der Waals surface area contributed by atoms with Crippen molar-refractivity contribution in [2.45, 2.75) is 63.1 Å². The Bertz CT molecular complexity index is 1210. The van der Waals surface area contributed by atoms with Crippen molar-refractivity contribution in [1.82, 2.24) is 19.4 Å². The van der Waals surface area contributed by atoms with Crippen LogP contribution in [0.15, 0.2) is 35.7 Å². The third-order valence-corrected chi connectivity index (χ3v) is 8.93. The Kier molecular flexibility index (Phi) is 9.00. The summed E-state index contributed by atoms with van der Waals surface area (Å²) in [7, 11) is -0.220. The van der Waals surface area contributed by atoms with Gasteiger partial charge in [0.2, 0.25) is 0 Å². The van der Waals surface area contributed by atoms with E-state index in [9.17, 15) is 18.3 Å². The molecule has 10 nitrogen and oxygen atoms in total. The van der Waals surface area contributed by atoms with E-state index in [1.54, 1.807) is 34.7 Å². The SMILES string of the molecule is C[C@@H]1CN([C@@H](C)CO)C(=O)c2cccc(NS(=O)(=O)c3cn(C)cn3)c2O[C@@H]1CN(C)CC1CCCCC1. The van der Waals surface area contributed by atoms with Crippen molar-refractivity contribution in [3.05, 3.63) is 36.3 Å². The molecule has 0 saturated heterocycles. The van der Waals surface area contributed by atoms with Crippen LogP contribution in [0.2, 0.25) is 0 Å². The minimum atomic E-state index is -4.01. The maximum atomic E-state index is 13.6. The van der Waals surface area contributed by atoms with Crippen LogP contribution in [0.1, 0.15) is 56.3 Å². The Morgan fingerprint density at radius 3 is 2.63 bits per heavy atom. The monoisotopic (exact) mass is 547 g/mol. The Morgan fingerprint density at radius 2 is 1.97 bits per heavy atom. The summed E-state index contributed by atoms with van der Waals surface area (Å²) < 4.78 is 36.9. The largest absolute Gasteiger partial charge is 0.486 e. The Balaban J connectivity index is 1.67. The van der Waals surface area contributed by atoms with Crippen LogP contribution in [0, 0.1) is 11.8 Å². The molecule has 0 spiro atoms. The van der Waals surface area contributed by atoms with Crippen LogP contribution < -0.4 is 9.46 Å².